The van der Waals surface area contributed by atoms with Gasteiger partial charge in [-0.05, 0) is 103 Å². The van der Waals surface area contributed by atoms with E-state index in [1.807, 2.05) is 12.1 Å². The van der Waals surface area contributed by atoms with Crippen LogP contribution in [0.4, 0.5) is 11.4 Å². The molecule has 7 rings (SSSR count). The van der Waals surface area contributed by atoms with Crippen LogP contribution in [-0.4, -0.2) is 14.3 Å². The molecule has 5 nitrogen and oxygen atoms in total. The quantitative estimate of drug-likeness (QED) is 0.764. The Morgan fingerprint density at radius 3 is 2.17 bits per heavy atom. The molecule has 0 unspecified atom stereocenters. The highest BCUT2D eigenvalue weighted by Crippen LogP contribution is 2.60. The molecule has 1 aliphatic heterocycles. The molecule has 2 aromatic carbocycles. The van der Waals surface area contributed by atoms with Crippen LogP contribution in [0.3, 0.4) is 0 Å². The first-order chi connectivity index (χ1) is 14.4. The number of fused-ring (bicyclic) bond motifs is 1. The monoisotopic (exact) mass is 422 g/mol. The van der Waals surface area contributed by atoms with E-state index < -0.39 is 10.0 Å². The number of carbonyl (C=O) groups is 1. The van der Waals surface area contributed by atoms with Crippen molar-refractivity contribution in [1.29, 1.82) is 0 Å². The fourth-order valence-corrected chi connectivity index (χ4v) is 8.05. The first kappa shape index (κ1) is 18.4. The van der Waals surface area contributed by atoms with Gasteiger partial charge in [-0.3, -0.25) is 9.52 Å². The summed E-state index contributed by atoms with van der Waals surface area (Å²) in [5.74, 6) is 2.55. The molecule has 2 N–H and O–H groups in total. The zero-order chi connectivity index (χ0) is 20.5. The molecule has 4 aliphatic carbocycles. The van der Waals surface area contributed by atoms with E-state index in [2.05, 4.69) is 22.2 Å². The van der Waals surface area contributed by atoms with E-state index >= 15 is 0 Å². The summed E-state index contributed by atoms with van der Waals surface area (Å²) in [6, 6.07) is 12.9. The van der Waals surface area contributed by atoms with Crippen molar-refractivity contribution in [3.8, 4) is 0 Å². The fourth-order valence-electron chi connectivity index (χ4n) is 6.94. The number of amides is 1. The Morgan fingerprint density at radius 2 is 1.53 bits per heavy atom. The zero-order valence-corrected chi connectivity index (χ0v) is 17.7. The standard InChI is InChI=1S/C24H26N2O3S/c27-23-11-18-10-21(5-6-22(18)25-23)30(28,29)26-20-3-1-19(2-4-20)24-12-15-7-16(13-24)9-17(8-15)14-24/h1-6,10,15-17,26H,7-9,11-14H2,(H,25,27). The van der Waals surface area contributed by atoms with Crippen molar-refractivity contribution in [3.05, 3.63) is 53.6 Å². The second-order valence-corrected chi connectivity index (χ2v) is 11.6. The molecule has 2 aromatic rings. The van der Waals surface area contributed by atoms with Gasteiger partial charge in [0.2, 0.25) is 5.91 Å². The van der Waals surface area contributed by atoms with E-state index in [1.54, 1.807) is 12.1 Å². The highest BCUT2D eigenvalue weighted by Gasteiger charge is 2.51. The summed E-state index contributed by atoms with van der Waals surface area (Å²) in [6.45, 7) is 0. The summed E-state index contributed by atoms with van der Waals surface area (Å²) in [5.41, 5.74) is 3.69. The van der Waals surface area contributed by atoms with Gasteiger partial charge in [0, 0.05) is 11.4 Å². The minimum atomic E-state index is -3.70. The van der Waals surface area contributed by atoms with Crippen LogP contribution in [0.5, 0.6) is 0 Å². The maximum Gasteiger partial charge on any atom is 0.261 e. The average Bonchev–Trinajstić information content (AvgIpc) is 3.06. The first-order valence-electron chi connectivity index (χ1n) is 10.9. The van der Waals surface area contributed by atoms with E-state index in [-0.39, 0.29) is 17.2 Å². The Bertz CT molecular complexity index is 1100. The molecular formula is C24H26N2O3S. The smallest absolute Gasteiger partial charge is 0.261 e. The summed E-state index contributed by atoms with van der Waals surface area (Å²) < 4.78 is 28.5. The lowest BCUT2D eigenvalue weighted by Gasteiger charge is -2.57. The third kappa shape index (κ3) is 2.96. The minimum absolute atomic E-state index is 0.104. The molecule has 4 fully saturated rings. The van der Waals surface area contributed by atoms with Gasteiger partial charge in [0.1, 0.15) is 0 Å². The highest BCUT2D eigenvalue weighted by atomic mass is 32.2. The number of rotatable bonds is 4. The fraction of sp³-hybridized carbons (Fsp3) is 0.458. The summed E-state index contributed by atoms with van der Waals surface area (Å²) in [6.07, 6.45) is 8.36. The van der Waals surface area contributed by atoms with E-state index in [9.17, 15) is 13.2 Å². The van der Waals surface area contributed by atoms with Gasteiger partial charge in [-0.1, -0.05) is 12.1 Å². The van der Waals surface area contributed by atoms with Gasteiger partial charge in [-0.2, -0.15) is 0 Å². The number of hydrogen-bond donors (Lipinski definition) is 2. The molecule has 0 saturated heterocycles. The van der Waals surface area contributed by atoms with Crippen LogP contribution in [0.2, 0.25) is 0 Å². The Morgan fingerprint density at radius 1 is 0.900 bits per heavy atom. The molecule has 1 heterocycles. The van der Waals surface area contributed by atoms with Crippen molar-refractivity contribution in [3.63, 3.8) is 0 Å². The molecule has 4 saturated carbocycles. The Hall–Kier alpha value is -2.34. The van der Waals surface area contributed by atoms with Crippen LogP contribution in [-0.2, 0) is 26.7 Å². The van der Waals surface area contributed by atoms with Crippen LogP contribution in [0, 0.1) is 17.8 Å². The maximum atomic E-state index is 12.9. The van der Waals surface area contributed by atoms with Crippen LogP contribution in [0.1, 0.15) is 49.7 Å². The number of hydrogen-bond acceptors (Lipinski definition) is 3. The first-order valence-corrected chi connectivity index (χ1v) is 12.4. The molecule has 6 heteroatoms. The van der Waals surface area contributed by atoms with E-state index in [0.717, 1.165) is 23.3 Å². The topological polar surface area (TPSA) is 75.3 Å². The van der Waals surface area contributed by atoms with Crippen molar-refractivity contribution < 1.29 is 13.2 Å². The molecule has 30 heavy (non-hydrogen) atoms. The minimum Gasteiger partial charge on any atom is -0.326 e. The van der Waals surface area contributed by atoms with Crippen molar-refractivity contribution in [2.75, 3.05) is 10.0 Å². The lowest BCUT2D eigenvalue weighted by Crippen LogP contribution is -2.48. The number of nitrogens with one attached hydrogen (secondary N) is 2. The maximum absolute atomic E-state index is 12.9. The van der Waals surface area contributed by atoms with Crippen LogP contribution in [0.15, 0.2) is 47.4 Å². The van der Waals surface area contributed by atoms with Gasteiger partial charge in [-0.15, -0.1) is 0 Å². The van der Waals surface area contributed by atoms with Gasteiger partial charge in [-0.25, -0.2) is 8.42 Å². The number of anilines is 2. The Balaban J connectivity index is 1.23. The lowest BCUT2D eigenvalue weighted by molar-refractivity contribution is -0.115. The lowest BCUT2D eigenvalue weighted by atomic mass is 9.48. The zero-order valence-electron chi connectivity index (χ0n) is 16.9. The summed E-state index contributed by atoms with van der Waals surface area (Å²) >= 11 is 0. The van der Waals surface area contributed by atoms with Crippen molar-refractivity contribution in [1.82, 2.24) is 0 Å². The predicted octanol–water partition coefficient (Wildman–Crippen LogP) is 4.45. The van der Waals surface area contributed by atoms with Crippen LogP contribution in [0.25, 0.3) is 0 Å². The van der Waals surface area contributed by atoms with Gasteiger partial charge in [0.05, 0.1) is 11.3 Å². The molecule has 0 radical (unpaired) electrons. The average molecular weight is 423 g/mol. The molecule has 4 bridgehead atoms. The summed E-state index contributed by atoms with van der Waals surface area (Å²) in [7, 11) is -3.70. The molecule has 0 aromatic heterocycles. The van der Waals surface area contributed by atoms with Gasteiger partial charge < -0.3 is 5.32 Å². The summed E-state index contributed by atoms with van der Waals surface area (Å²) in [5, 5.41) is 2.73. The Kier molecular flexibility index (Phi) is 3.89. The Labute approximate surface area is 177 Å². The van der Waals surface area contributed by atoms with E-state index in [1.165, 1.54) is 50.2 Å². The van der Waals surface area contributed by atoms with Gasteiger partial charge in [0.25, 0.3) is 10.0 Å². The number of benzene rings is 2. The van der Waals surface area contributed by atoms with Crippen molar-refractivity contribution in [2.24, 2.45) is 17.8 Å². The van der Waals surface area contributed by atoms with E-state index in [4.69, 9.17) is 0 Å². The second-order valence-electron chi connectivity index (χ2n) is 9.92. The molecule has 5 aliphatic rings. The van der Waals surface area contributed by atoms with Gasteiger partial charge in [0.15, 0.2) is 0 Å². The normalized spacial score (nSPS) is 31.5. The van der Waals surface area contributed by atoms with Gasteiger partial charge >= 0.3 is 0 Å². The molecule has 0 atom stereocenters. The van der Waals surface area contributed by atoms with Crippen LogP contribution < -0.4 is 10.0 Å². The second kappa shape index (κ2) is 6.33. The third-order valence-corrected chi connectivity index (χ3v) is 9.18. The molecular weight excluding hydrogens is 396 g/mol. The third-order valence-electron chi connectivity index (χ3n) is 7.80. The SMILES string of the molecule is O=C1Cc2cc(S(=O)(=O)Nc3ccc(C45CC6CC(CC(C6)C4)C5)cc3)ccc2N1. The molecule has 1 amide bonds. The van der Waals surface area contributed by atoms with Crippen molar-refractivity contribution in [2.45, 2.75) is 55.3 Å². The highest BCUT2D eigenvalue weighted by molar-refractivity contribution is 7.92. The largest absolute Gasteiger partial charge is 0.326 e. The number of carbonyl (C=O) groups excluding carboxylic acids is 1. The summed E-state index contributed by atoms with van der Waals surface area (Å²) in [4.78, 5) is 11.7. The molecule has 0 spiro atoms. The van der Waals surface area contributed by atoms with Crippen LogP contribution >= 0.6 is 0 Å². The molecule has 156 valence electrons. The van der Waals surface area contributed by atoms with E-state index in [0.29, 0.717) is 16.8 Å². The van der Waals surface area contributed by atoms with Crippen molar-refractivity contribution >= 4 is 27.3 Å². The number of sulfonamides is 1. The predicted molar refractivity (Wildman–Crippen MR) is 116 cm³/mol.